The molecule has 0 aliphatic heterocycles. The molecule has 0 fully saturated rings. The topological polar surface area (TPSA) is 41.1 Å². The molecule has 1 rings (SSSR count). The summed E-state index contributed by atoms with van der Waals surface area (Å²) in [5.74, 6) is -1.22. The van der Waals surface area contributed by atoms with E-state index < -0.39 is 11.6 Å². The van der Waals surface area contributed by atoms with Gasteiger partial charge in [0.1, 0.15) is 11.6 Å². The summed E-state index contributed by atoms with van der Waals surface area (Å²) in [5.41, 5.74) is 0.544. The highest BCUT2D eigenvalue weighted by Crippen LogP contribution is 2.08. The summed E-state index contributed by atoms with van der Waals surface area (Å²) >= 11 is 0. The third-order valence-electron chi connectivity index (χ3n) is 2.49. The van der Waals surface area contributed by atoms with Crippen molar-refractivity contribution >= 4 is 18.3 Å². The molecule has 0 bridgehead atoms. The van der Waals surface area contributed by atoms with Crippen molar-refractivity contribution < 1.29 is 13.6 Å². The Morgan fingerprint density at radius 2 is 1.79 bits per heavy atom. The number of benzene rings is 1. The maximum Gasteiger partial charge on any atom is 0.220 e. The third-order valence-corrected chi connectivity index (χ3v) is 2.49. The molecule has 6 heteroatoms. The van der Waals surface area contributed by atoms with Gasteiger partial charge in [-0.2, -0.15) is 0 Å². The molecule has 19 heavy (non-hydrogen) atoms. The summed E-state index contributed by atoms with van der Waals surface area (Å²) in [5, 5.41) is 5.67. The van der Waals surface area contributed by atoms with Crippen molar-refractivity contribution in [3.05, 3.63) is 35.4 Å². The number of amides is 1. The average molecular weight is 293 g/mol. The van der Waals surface area contributed by atoms with E-state index >= 15 is 0 Å². The number of carbonyl (C=O) groups is 1. The van der Waals surface area contributed by atoms with E-state index in [1.807, 2.05) is 7.05 Å². The molecule has 3 nitrogen and oxygen atoms in total. The Morgan fingerprint density at radius 1 is 1.16 bits per heavy atom. The summed E-state index contributed by atoms with van der Waals surface area (Å²) in [7, 11) is 1.83. The van der Waals surface area contributed by atoms with Crippen LogP contribution in [0.2, 0.25) is 0 Å². The van der Waals surface area contributed by atoms with Gasteiger partial charge in [0.15, 0.2) is 0 Å². The van der Waals surface area contributed by atoms with Gasteiger partial charge in [-0.25, -0.2) is 8.78 Å². The fraction of sp³-hybridized carbons (Fsp3) is 0.462. The van der Waals surface area contributed by atoms with E-state index in [0.29, 0.717) is 24.9 Å². The van der Waals surface area contributed by atoms with E-state index in [9.17, 15) is 13.6 Å². The Kier molecular flexibility index (Phi) is 9.08. The summed E-state index contributed by atoms with van der Waals surface area (Å²) in [6.45, 7) is 1.18. The minimum Gasteiger partial charge on any atom is -0.356 e. The van der Waals surface area contributed by atoms with Crippen molar-refractivity contribution in [2.24, 2.45) is 0 Å². The van der Waals surface area contributed by atoms with Crippen LogP contribution in [0.3, 0.4) is 0 Å². The van der Waals surface area contributed by atoms with Gasteiger partial charge in [-0.3, -0.25) is 4.79 Å². The Bertz CT molecular complexity index is 382. The van der Waals surface area contributed by atoms with Crippen molar-refractivity contribution in [2.75, 3.05) is 20.1 Å². The molecule has 1 amide bonds. The lowest BCUT2D eigenvalue weighted by molar-refractivity contribution is -0.121. The van der Waals surface area contributed by atoms with E-state index in [1.54, 1.807) is 0 Å². The molecule has 0 saturated heterocycles. The van der Waals surface area contributed by atoms with Crippen LogP contribution in [0.5, 0.6) is 0 Å². The normalized spacial score (nSPS) is 9.84. The average Bonchev–Trinajstić information content (AvgIpc) is 2.28. The number of halogens is 3. The maximum absolute atomic E-state index is 12.9. The molecular formula is C13H19ClF2N2O. The molecule has 108 valence electrons. The molecule has 0 heterocycles. The second-order valence-electron chi connectivity index (χ2n) is 4.08. The monoisotopic (exact) mass is 292 g/mol. The van der Waals surface area contributed by atoms with Crippen molar-refractivity contribution in [3.63, 3.8) is 0 Å². The van der Waals surface area contributed by atoms with Gasteiger partial charge in [-0.05, 0) is 44.1 Å². The van der Waals surface area contributed by atoms with E-state index in [4.69, 9.17) is 0 Å². The first kappa shape index (κ1) is 17.8. The van der Waals surface area contributed by atoms with Crippen LogP contribution in [0.1, 0.15) is 18.4 Å². The summed E-state index contributed by atoms with van der Waals surface area (Å²) in [4.78, 5) is 11.4. The molecule has 0 spiro atoms. The molecule has 2 N–H and O–H groups in total. The minimum absolute atomic E-state index is 0. The lowest BCUT2D eigenvalue weighted by atomic mass is 10.1. The second kappa shape index (κ2) is 9.69. The molecule has 0 aromatic heterocycles. The van der Waals surface area contributed by atoms with E-state index in [1.165, 1.54) is 12.1 Å². The van der Waals surface area contributed by atoms with Crippen molar-refractivity contribution in [1.82, 2.24) is 10.6 Å². The number of hydrogen-bond acceptors (Lipinski definition) is 2. The van der Waals surface area contributed by atoms with Crippen LogP contribution in [0.25, 0.3) is 0 Å². The van der Waals surface area contributed by atoms with Crippen molar-refractivity contribution in [1.29, 1.82) is 0 Å². The molecule has 0 atom stereocenters. The summed E-state index contributed by atoms with van der Waals surface area (Å²) in [6, 6.07) is 3.38. The molecular weight excluding hydrogens is 274 g/mol. The Labute approximate surface area is 118 Å². The van der Waals surface area contributed by atoms with E-state index in [0.717, 1.165) is 19.0 Å². The lowest BCUT2D eigenvalue weighted by Gasteiger charge is -2.05. The molecule has 0 unspecified atom stereocenters. The number of rotatable bonds is 7. The van der Waals surface area contributed by atoms with Gasteiger partial charge in [-0.1, -0.05) is 0 Å². The highest BCUT2D eigenvalue weighted by molar-refractivity contribution is 5.85. The first-order valence-corrected chi connectivity index (χ1v) is 5.98. The van der Waals surface area contributed by atoms with E-state index in [-0.39, 0.29) is 18.3 Å². The molecule has 1 aromatic carbocycles. The summed E-state index contributed by atoms with van der Waals surface area (Å²) < 4.78 is 25.8. The summed E-state index contributed by atoms with van der Waals surface area (Å²) in [6.07, 6.45) is 1.65. The largest absolute Gasteiger partial charge is 0.356 e. The highest BCUT2D eigenvalue weighted by Gasteiger charge is 2.03. The first-order valence-electron chi connectivity index (χ1n) is 5.98. The lowest BCUT2D eigenvalue weighted by Crippen LogP contribution is -2.26. The minimum atomic E-state index is -0.592. The molecule has 0 aliphatic carbocycles. The zero-order chi connectivity index (χ0) is 13.4. The second-order valence-corrected chi connectivity index (χ2v) is 4.08. The fourth-order valence-electron chi connectivity index (χ4n) is 1.62. The molecule has 0 saturated carbocycles. The van der Waals surface area contributed by atoms with E-state index in [2.05, 4.69) is 10.6 Å². The van der Waals surface area contributed by atoms with Crippen molar-refractivity contribution in [3.8, 4) is 0 Å². The quantitative estimate of drug-likeness (QED) is 0.755. The van der Waals surface area contributed by atoms with Gasteiger partial charge in [0.05, 0.1) is 0 Å². The smallest absolute Gasteiger partial charge is 0.220 e. The standard InChI is InChI=1S/C13H18F2N2O.ClH/c1-16-5-2-3-13(18)17-6-4-10-7-11(14)9-12(15)8-10;/h7-9,16H,2-6H2,1H3,(H,17,18);1H. The van der Waals surface area contributed by atoms with Crippen LogP contribution >= 0.6 is 12.4 Å². The first-order chi connectivity index (χ1) is 8.61. The molecule has 1 aromatic rings. The Hall–Kier alpha value is -1.20. The van der Waals surface area contributed by atoms with Gasteiger partial charge in [0.25, 0.3) is 0 Å². The zero-order valence-corrected chi connectivity index (χ0v) is 11.7. The molecule has 0 aliphatic rings. The van der Waals surface area contributed by atoms with Crippen LogP contribution in [-0.4, -0.2) is 26.0 Å². The van der Waals surface area contributed by atoms with Gasteiger partial charge in [0, 0.05) is 19.0 Å². The Balaban J connectivity index is 0.00000324. The van der Waals surface area contributed by atoms with Gasteiger partial charge in [0.2, 0.25) is 5.91 Å². The van der Waals surface area contributed by atoms with Crippen LogP contribution < -0.4 is 10.6 Å². The van der Waals surface area contributed by atoms with Crippen LogP contribution in [0.4, 0.5) is 8.78 Å². The van der Waals surface area contributed by atoms with Crippen LogP contribution in [0, 0.1) is 11.6 Å². The third kappa shape index (κ3) is 7.74. The molecule has 0 radical (unpaired) electrons. The van der Waals surface area contributed by atoms with Gasteiger partial charge >= 0.3 is 0 Å². The number of nitrogens with one attached hydrogen (secondary N) is 2. The van der Waals surface area contributed by atoms with Gasteiger partial charge in [-0.15, -0.1) is 12.4 Å². The predicted molar refractivity (Wildman–Crippen MR) is 73.5 cm³/mol. The maximum atomic E-state index is 12.9. The van der Waals surface area contributed by atoms with Crippen LogP contribution in [0.15, 0.2) is 18.2 Å². The van der Waals surface area contributed by atoms with Gasteiger partial charge < -0.3 is 10.6 Å². The predicted octanol–water partition coefficient (Wildman–Crippen LogP) is 2.04. The number of hydrogen-bond donors (Lipinski definition) is 2. The Morgan fingerprint density at radius 3 is 2.37 bits per heavy atom. The van der Waals surface area contributed by atoms with Crippen molar-refractivity contribution in [2.45, 2.75) is 19.3 Å². The fourth-order valence-corrected chi connectivity index (χ4v) is 1.62. The number of carbonyl (C=O) groups excluding carboxylic acids is 1. The van der Waals surface area contributed by atoms with Crippen LogP contribution in [-0.2, 0) is 11.2 Å². The SMILES string of the molecule is CNCCCC(=O)NCCc1cc(F)cc(F)c1.Cl. The zero-order valence-electron chi connectivity index (χ0n) is 10.8. The highest BCUT2D eigenvalue weighted by atomic mass is 35.5.